The molecule has 1 heterocycles. The van der Waals surface area contributed by atoms with Crippen molar-refractivity contribution < 1.29 is 14.3 Å². The summed E-state index contributed by atoms with van der Waals surface area (Å²) in [7, 11) is 1.49. The number of hydrogen-bond donors (Lipinski definition) is 1. The lowest BCUT2D eigenvalue weighted by Gasteiger charge is -2.04. The highest BCUT2D eigenvalue weighted by Gasteiger charge is 2.12. The summed E-state index contributed by atoms with van der Waals surface area (Å²) >= 11 is 0. The van der Waals surface area contributed by atoms with E-state index < -0.39 is 5.97 Å². The van der Waals surface area contributed by atoms with E-state index in [4.69, 9.17) is 9.84 Å². The summed E-state index contributed by atoms with van der Waals surface area (Å²) < 4.78 is 6.70. The molecule has 0 fully saturated rings. The van der Waals surface area contributed by atoms with Gasteiger partial charge in [0.05, 0.1) is 11.4 Å². The summed E-state index contributed by atoms with van der Waals surface area (Å²) in [5, 5.41) is 7.14. The van der Waals surface area contributed by atoms with Gasteiger partial charge in [-0.1, -0.05) is 30.3 Å². The summed E-state index contributed by atoms with van der Waals surface area (Å²) in [5.74, 6) is -0.952. The number of nitrogens with one attached hydrogen (secondary N) is 1. The number of ether oxygens (including phenoxy) is 1. The molecule has 0 radical (unpaired) electrons. The third kappa shape index (κ3) is 4.99. The van der Waals surface area contributed by atoms with Crippen LogP contribution in [0, 0.1) is 13.8 Å². The van der Waals surface area contributed by atoms with Crippen molar-refractivity contribution in [2.45, 2.75) is 13.8 Å². The van der Waals surface area contributed by atoms with E-state index in [1.807, 2.05) is 42.6 Å². The predicted molar refractivity (Wildman–Crippen MR) is 113 cm³/mol. The van der Waals surface area contributed by atoms with Gasteiger partial charge in [-0.2, -0.15) is 5.10 Å². The van der Waals surface area contributed by atoms with Crippen molar-refractivity contribution in [2.75, 3.05) is 13.7 Å². The highest BCUT2D eigenvalue weighted by Crippen LogP contribution is 2.26. The number of esters is 1. The topological polar surface area (TPSA) is 73.2 Å². The molecule has 0 unspecified atom stereocenters. The van der Waals surface area contributed by atoms with E-state index in [0.29, 0.717) is 0 Å². The van der Waals surface area contributed by atoms with Crippen LogP contribution in [0.2, 0.25) is 0 Å². The lowest BCUT2D eigenvalue weighted by molar-refractivity contribution is -0.143. The van der Waals surface area contributed by atoms with Gasteiger partial charge in [0, 0.05) is 30.4 Å². The Hall–Kier alpha value is -3.67. The van der Waals surface area contributed by atoms with E-state index in [-0.39, 0.29) is 12.5 Å². The molecule has 148 valence electrons. The molecule has 6 nitrogen and oxygen atoms in total. The Morgan fingerprint density at radius 3 is 2.55 bits per heavy atom. The molecule has 6 heteroatoms. The van der Waals surface area contributed by atoms with Gasteiger partial charge in [0.15, 0.2) is 6.61 Å². The summed E-state index contributed by atoms with van der Waals surface area (Å²) in [4.78, 5) is 23.2. The summed E-state index contributed by atoms with van der Waals surface area (Å²) in [6.45, 7) is 3.80. The molecule has 0 atom stereocenters. The van der Waals surface area contributed by atoms with Gasteiger partial charge in [-0.15, -0.1) is 0 Å². The van der Waals surface area contributed by atoms with E-state index >= 15 is 0 Å². The number of likely N-dealkylation sites (N-methyl/N-ethyl adjacent to an activating group) is 1. The molecule has 3 aromatic rings. The molecule has 3 rings (SSSR count). The van der Waals surface area contributed by atoms with Crippen molar-refractivity contribution in [3.8, 4) is 16.9 Å². The van der Waals surface area contributed by atoms with Crippen LogP contribution in [0.4, 0.5) is 0 Å². The Morgan fingerprint density at radius 2 is 1.86 bits per heavy atom. The van der Waals surface area contributed by atoms with E-state index in [1.165, 1.54) is 18.7 Å². The minimum absolute atomic E-state index is 0.313. The van der Waals surface area contributed by atoms with E-state index in [2.05, 4.69) is 31.3 Å². The maximum absolute atomic E-state index is 11.9. The predicted octanol–water partition coefficient (Wildman–Crippen LogP) is 3.46. The van der Waals surface area contributed by atoms with Crippen molar-refractivity contribution in [3.63, 3.8) is 0 Å². The first-order chi connectivity index (χ1) is 14.0. The van der Waals surface area contributed by atoms with Crippen LogP contribution in [0.1, 0.15) is 16.7 Å². The zero-order valence-electron chi connectivity index (χ0n) is 16.7. The van der Waals surface area contributed by atoms with E-state index in [1.54, 1.807) is 10.8 Å². The second-order valence-electron chi connectivity index (χ2n) is 6.63. The lowest BCUT2D eigenvalue weighted by atomic mass is 10.0. The highest BCUT2D eigenvalue weighted by atomic mass is 16.5. The molecule has 0 aliphatic carbocycles. The number of carbonyl (C=O) groups is 2. The van der Waals surface area contributed by atoms with Crippen molar-refractivity contribution in [1.29, 1.82) is 0 Å². The lowest BCUT2D eigenvalue weighted by Crippen LogP contribution is -2.24. The first-order valence-corrected chi connectivity index (χ1v) is 9.26. The Bertz CT molecular complexity index is 1050. The molecule has 0 aliphatic heterocycles. The molecule has 0 aliphatic rings. The summed E-state index contributed by atoms with van der Waals surface area (Å²) in [5.41, 5.74) is 5.77. The molecule has 2 aromatic carbocycles. The number of para-hydroxylation sites is 1. The Labute approximate surface area is 169 Å². The minimum Gasteiger partial charge on any atom is -0.452 e. The Morgan fingerprint density at radius 1 is 1.10 bits per heavy atom. The molecule has 0 saturated heterocycles. The van der Waals surface area contributed by atoms with Crippen molar-refractivity contribution in [2.24, 2.45) is 0 Å². The number of benzene rings is 2. The van der Waals surface area contributed by atoms with Gasteiger partial charge in [0.2, 0.25) is 0 Å². The summed E-state index contributed by atoms with van der Waals surface area (Å²) in [6.07, 6.45) is 4.82. The average Bonchev–Trinajstić information content (AvgIpc) is 3.17. The number of aryl methyl sites for hydroxylation is 2. The first-order valence-electron chi connectivity index (χ1n) is 9.26. The number of rotatable bonds is 6. The van der Waals surface area contributed by atoms with Gasteiger partial charge in [0.25, 0.3) is 5.91 Å². The number of amides is 1. The molecule has 1 aromatic heterocycles. The summed E-state index contributed by atoms with van der Waals surface area (Å²) in [6, 6.07) is 15.9. The van der Waals surface area contributed by atoms with Crippen LogP contribution in [0.25, 0.3) is 23.0 Å². The maximum atomic E-state index is 11.9. The van der Waals surface area contributed by atoms with E-state index in [9.17, 15) is 9.59 Å². The van der Waals surface area contributed by atoms with Crippen LogP contribution < -0.4 is 5.32 Å². The maximum Gasteiger partial charge on any atom is 0.331 e. The van der Waals surface area contributed by atoms with Crippen molar-refractivity contribution in [3.05, 3.63) is 77.5 Å². The van der Waals surface area contributed by atoms with Crippen LogP contribution in [0.5, 0.6) is 0 Å². The first kappa shape index (κ1) is 20.1. The van der Waals surface area contributed by atoms with Gasteiger partial charge in [-0.3, -0.25) is 4.79 Å². The van der Waals surface area contributed by atoms with Crippen LogP contribution in [-0.2, 0) is 14.3 Å². The fourth-order valence-electron chi connectivity index (χ4n) is 2.75. The Balaban J connectivity index is 1.94. The van der Waals surface area contributed by atoms with Crippen LogP contribution in [0.15, 0.2) is 60.8 Å². The number of nitrogens with zero attached hydrogens (tertiary/aromatic N) is 2. The number of hydrogen-bond acceptors (Lipinski definition) is 4. The molecule has 0 spiro atoms. The van der Waals surface area contributed by atoms with Crippen molar-refractivity contribution in [1.82, 2.24) is 15.1 Å². The molecule has 29 heavy (non-hydrogen) atoms. The molecule has 1 N–H and O–H groups in total. The molecular formula is C23H23N3O3. The quantitative estimate of drug-likeness (QED) is 0.518. The van der Waals surface area contributed by atoms with Gasteiger partial charge in [-0.25, -0.2) is 9.48 Å². The van der Waals surface area contributed by atoms with Crippen molar-refractivity contribution >= 4 is 18.0 Å². The number of carbonyl (C=O) groups excluding carboxylic acids is 2. The zero-order valence-corrected chi connectivity index (χ0v) is 16.7. The molecule has 1 amide bonds. The SMILES string of the molecule is CNC(=O)COC(=O)/C=C/c1cn(-c2ccccc2)nc1-c1ccc(C)c(C)c1. The average molecular weight is 389 g/mol. The minimum atomic E-state index is -0.591. The highest BCUT2D eigenvalue weighted by molar-refractivity contribution is 5.90. The second kappa shape index (κ2) is 9.01. The van der Waals surface area contributed by atoms with E-state index in [0.717, 1.165) is 28.1 Å². The van der Waals surface area contributed by atoms with Gasteiger partial charge in [-0.05, 0) is 49.2 Å². The third-order valence-electron chi connectivity index (χ3n) is 4.57. The monoisotopic (exact) mass is 389 g/mol. The normalized spacial score (nSPS) is 10.9. The Kier molecular flexibility index (Phi) is 6.24. The van der Waals surface area contributed by atoms with Gasteiger partial charge >= 0.3 is 5.97 Å². The van der Waals surface area contributed by atoms with Crippen LogP contribution in [-0.4, -0.2) is 35.3 Å². The largest absolute Gasteiger partial charge is 0.452 e. The van der Waals surface area contributed by atoms with Gasteiger partial charge in [0.1, 0.15) is 0 Å². The van der Waals surface area contributed by atoms with Crippen LogP contribution in [0.3, 0.4) is 0 Å². The molecule has 0 bridgehead atoms. The fraction of sp³-hybridized carbons (Fsp3) is 0.174. The zero-order chi connectivity index (χ0) is 20.8. The number of aromatic nitrogens is 2. The molecular weight excluding hydrogens is 366 g/mol. The fourth-order valence-corrected chi connectivity index (χ4v) is 2.75. The smallest absolute Gasteiger partial charge is 0.331 e. The standard InChI is InChI=1S/C23H23N3O3/c1-16-9-10-18(13-17(16)2)23-19(11-12-22(28)29-15-21(27)24-3)14-26(25-23)20-7-5-4-6-8-20/h4-14H,15H2,1-3H3,(H,24,27)/b12-11+. The third-order valence-corrected chi connectivity index (χ3v) is 4.57. The van der Waals surface area contributed by atoms with Gasteiger partial charge < -0.3 is 10.1 Å². The van der Waals surface area contributed by atoms with Crippen LogP contribution >= 0.6 is 0 Å². The second-order valence-corrected chi connectivity index (χ2v) is 6.63. The molecule has 0 saturated carbocycles.